The van der Waals surface area contributed by atoms with Crippen LogP contribution in [-0.4, -0.2) is 34.6 Å². The van der Waals surface area contributed by atoms with E-state index in [2.05, 4.69) is 14.7 Å². The van der Waals surface area contributed by atoms with E-state index in [0.29, 0.717) is 11.3 Å². The number of nitrogens with one attached hydrogen (secondary N) is 1. The molecular weight excluding hydrogens is 248 g/mol. The minimum absolute atomic E-state index is 0.0956. The van der Waals surface area contributed by atoms with Gasteiger partial charge in [0, 0.05) is 11.8 Å². The lowest BCUT2D eigenvalue weighted by molar-refractivity contribution is 0.0595. The zero-order valence-corrected chi connectivity index (χ0v) is 9.89. The summed E-state index contributed by atoms with van der Waals surface area (Å²) in [5.41, 5.74) is 1.33. The molecule has 1 N–H and O–H groups in total. The summed E-state index contributed by atoms with van der Waals surface area (Å²) in [6.45, 7) is 0. The normalized spacial score (nSPS) is 12.9. The van der Waals surface area contributed by atoms with Gasteiger partial charge < -0.3 is 9.72 Å². The van der Waals surface area contributed by atoms with Gasteiger partial charge in [-0.1, -0.05) is 0 Å². The molecule has 19 heavy (non-hydrogen) atoms. The van der Waals surface area contributed by atoms with Crippen LogP contribution in [0.25, 0.3) is 11.3 Å². The summed E-state index contributed by atoms with van der Waals surface area (Å²) in [7, 11) is 1.24. The molecule has 94 valence electrons. The molecule has 0 saturated heterocycles. The van der Waals surface area contributed by atoms with Gasteiger partial charge in [-0.3, -0.25) is 14.6 Å². The summed E-state index contributed by atoms with van der Waals surface area (Å²) in [6.07, 6.45) is 1.44. The minimum Gasteiger partial charge on any atom is -0.464 e. The third-order valence-electron chi connectivity index (χ3n) is 2.97. The molecular formula is C13H8N2O4. The fraction of sp³-hybridized carbons (Fsp3) is 0.0769. The molecule has 2 aromatic heterocycles. The molecule has 0 spiro atoms. The molecule has 0 bridgehead atoms. The first-order valence-corrected chi connectivity index (χ1v) is 5.49. The third-order valence-corrected chi connectivity index (χ3v) is 2.97. The quantitative estimate of drug-likeness (QED) is 0.612. The molecule has 6 heteroatoms. The number of ether oxygens (including phenoxy) is 1. The van der Waals surface area contributed by atoms with E-state index in [4.69, 9.17) is 0 Å². The second-order valence-corrected chi connectivity index (χ2v) is 4.02. The number of ketones is 2. The Balaban J connectivity index is 2.27. The molecule has 0 aromatic carbocycles. The Morgan fingerprint density at radius 2 is 2.05 bits per heavy atom. The SMILES string of the molecule is COC(=O)c1cc2c([nH]1)-c1cccnc1C(=O)C2=O. The topological polar surface area (TPSA) is 89.1 Å². The Bertz CT molecular complexity index is 730. The number of carbonyl (C=O) groups is 3. The van der Waals surface area contributed by atoms with E-state index in [1.165, 1.54) is 19.4 Å². The maximum Gasteiger partial charge on any atom is 0.354 e. The average Bonchev–Trinajstić information content (AvgIpc) is 2.89. The standard InChI is InChI=1S/C13H8N2O4/c1-19-13(18)8-5-7-9(15-8)6-3-2-4-14-10(6)12(17)11(7)16/h2-5,15H,1H3. The van der Waals surface area contributed by atoms with Crippen molar-refractivity contribution in [2.24, 2.45) is 0 Å². The third kappa shape index (κ3) is 1.50. The maximum atomic E-state index is 11.9. The molecule has 0 amide bonds. The number of rotatable bonds is 1. The molecule has 1 aliphatic rings. The molecule has 6 nitrogen and oxygen atoms in total. The fourth-order valence-corrected chi connectivity index (χ4v) is 2.08. The highest BCUT2D eigenvalue weighted by Crippen LogP contribution is 2.32. The van der Waals surface area contributed by atoms with Crippen molar-refractivity contribution in [1.29, 1.82) is 0 Å². The van der Waals surface area contributed by atoms with Crippen molar-refractivity contribution in [3.05, 3.63) is 41.3 Å². The minimum atomic E-state index is -0.674. The van der Waals surface area contributed by atoms with Gasteiger partial charge in [0.2, 0.25) is 5.78 Å². The van der Waals surface area contributed by atoms with E-state index in [9.17, 15) is 14.4 Å². The summed E-state index contributed by atoms with van der Waals surface area (Å²) < 4.78 is 4.58. The summed E-state index contributed by atoms with van der Waals surface area (Å²) >= 11 is 0. The van der Waals surface area contributed by atoms with E-state index < -0.39 is 17.5 Å². The van der Waals surface area contributed by atoms with Gasteiger partial charge in [-0.15, -0.1) is 0 Å². The van der Waals surface area contributed by atoms with Gasteiger partial charge in [0.1, 0.15) is 11.4 Å². The Morgan fingerprint density at radius 3 is 2.79 bits per heavy atom. The number of pyridine rings is 1. The number of methoxy groups -OCH3 is 1. The van der Waals surface area contributed by atoms with E-state index in [-0.39, 0.29) is 17.0 Å². The molecule has 3 rings (SSSR count). The first-order valence-electron chi connectivity index (χ1n) is 5.49. The molecule has 0 unspecified atom stereocenters. The van der Waals surface area contributed by atoms with Crippen LogP contribution in [0.3, 0.4) is 0 Å². The largest absolute Gasteiger partial charge is 0.464 e. The molecule has 2 aromatic rings. The van der Waals surface area contributed by atoms with Crippen LogP contribution in [0.2, 0.25) is 0 Å². The highest BCUT2D eigenvalue weighted by molar-refractivity contribution is 6.52. The van der Waals surface area contributed by atoms with E-state index in [0.717, 1.165) is 0 Å². The lowest BCUT2D eigenvalue weighted by Gasteiger charge is -2.12. The molecule has 0 atom stereocenters. The van der Waals surface area contributed by atoms with Crippen LogP contribution in [0.5, 0.6) is 0 Å². The van der Waals surface area contributed by atoms with Gasteiger partial charge in [-0.2, -0.15) is 0 Å². The van der Waals surface area contributed by atoms with Crippen LogP contribution in [0, 0.1) is 0 Å². The zero-order chi connectivity index (χ0) is 13.6. The molecule has 0 fully saturated rings. The van der Waals surface area contributed by atoms with Gasteiger partial charge in [-0.05, 0) is 18.2 Å². The summed E-state index contributed by atoms with van der Waals surface area (Å²) in [4.78, 5) is 42.0. The fourth-order valence-electron chi connectivity index (χ4n) is 2.08. The van der Waals surface area contributed by atoms with E-state index in [1.54, 1.807) is 12.1 Å². The van der Waals surface area contributed by atoms with Crippen LogP contribution < -0.4 is 0 Å². The smallest absolute Gasteiger partial charge is 0.354 e. The lowest BCUT2D eigenvalue weighted by atomic mass is 9.92. The lowest BCUT2D eigenvalue weighted by Crippen LogP contribution is -2.21. The van der Waals surface area contributed by atoms with Crippen molar-refractivity contribution in [3.8, 4) is 11.3 Å². The van der Waals surface area contributed by atoms with Gasteiger partial charge >= 0.3 is 5.97 Å². The maximum absolute atomic E-state index is 11.9. The van der Waals surface area contributed by atoms with Crippen LogP contribution >= 0.6 is 0 Å². The van der Waals surface area contributed by atoms with Gasteiger partial charge in [-0.25, -0.2) is 4.79 Å². The van der Waals surface area contributed by atoms with Crippen LogP contribution in [0.15, 0.2) is 24.4 Å². The van der Waals surface area contributed by atoms with Crippen molar-refractivity contribution < 1.29 is 19.1 Å². The van der Waals surface area contributed by atoms with Crippen molar-refractivity contribution in [2.45, 2.75) is 0 Å². The molecule has 2 heterocycles. The number of Topliss-reactive ketones (excluding diaryl/α,β-unsaturated/α-hetero) is 2. The van der Waals surface area contributed by atoms with Crippen molar-refractivity contribution >= 4 is 17.5 Å². The van der Waals surface area contributed by atoms with Gasteiger partial charge in [0.25, 0.3) is 5.78 Å². The summed E-state index contributed by atoms with van der Waals surface area (Å²) in [6, 6.07) is 4.66. The number of esters is 1. The highest BCUT2D eigenvalue weighted by atomic mass is 16.5. The predicted octanol–water partition coefficient (Wildman–Crippen LogP) is 1.24. The number of fused-ring (bicyclic) bond motifs is 3. The number of carbonyl (C=O) groups excluding carboxylic acids is 3. The van der Waals surface area contributed by atoms with E-state index in [1.807, 2.05) is 0 Å². The Hall–Kier alpha value is -2.76. The van der Waals surface area contributed by atoms with E-state index >= 15 is 0 Å². The second kappa shape index (κ2) is 3.88. The number of nitrogens with zero attached hydrogens (tertiary/aromatic N) is 1. The number of H-pyrrole nitrogens is 1. The predicted molar refractivity (Wildman–Crippen MR) is 64.0 cm³/mol. The number of hydrogen-bond donors (Lipinski definition) is 1. The molecule has 1 aliphatic carbocycles. The van der Waals surface area contributed by atoms with Crippen molar-refractivity contribution in [1.82, 2.24) is 9.97 Å². The number of hydrogen-bond acceptors (Lipinski definition) is 5. The first-order chi connectivity index (χ1) is 9.13. The van der Waals surface area contributed by atoms with Crippen LogP contribution in [-0.2, 0) is 4.74 Å². The highest BCUT2D eigenvalue weighted by Gasteiger charge is 2.34. The number of aromatic nitrogens is 2. The Morgan fingerprint density at radius 1 is 1.26 bits per heavy atom. The summed E-state index contributed by atoms with van der Waals surface area (Å²) in [5, 5.41) is 0. The number of aromatic amines is 1. The summed E-state index contributed by atoms with van der Waals surface area (Å²) in [5.74, 6) is -1.94. The Labute approximate surface area is 107 Å². The van der Waals surface area contributed by atoms with Gasteiger partial charge in [0.05, 0.1) is 18.4 Å². The van der Waals surface area contributed by atoms with Crippen LogP contribution in [0.4, 0.5) is 0 Å². The van der Waals surface area contributed by atoms with Crippen LogP contribution in [0.1, 0.15) is 31.3 Å². The molecule has 0 radical (unpaired) electrons. The first kappa shape index (κ1) is 11.3. The zero-order valence-electron chi connectivity index (χ0n) is 9.89. The molecule has 0 aliphatic heterocycles. The second-order valence-electron chi connectivity index (χ2n) is 4.02. The van der Waals surface area contributed by atoms with Crippen molar-refractivity contribution in [2.75, 3.05) is 7.11 Å². The average molecular weight is 256 g/mol. The van der Waals surface area contributed by atoms with Gasteiger partial charge in [0.15, 0.2) is 0 Å². The van der Waals surface area contributed by atoms with Crippen molar-refractivity contribution in [3.63, 3.8) is 0 Å². The molecule has 0 saturated carbocycles. The Kier molecular flexibility index (Phi) is 2.31. The monoisotopic (exact) mass is 256 g/mol.